The molecule has 1 fully saturated rings. The lowest BCUT2D eigenvalue weighted by Gasteiger charge is -2.36. The van der Waals surface area contributed by atoms with Crippen molar-refractivity contribution >= 4 is 33.9 Å². The molecule has 0 atom stereocenters. The number of fused-ring (bicyclic) bond motifs is 1. The summed E-state index contributed by atoms with van der Waals surface area (Å²) in [4.78, 5) is 18.6. The molecule has 0 bridgehead atoms. The van der Waals surface area contributed by atoms with Crippen LogP contribution in [0.2, 0.25) is 0 Å². The number of hydrogen-bond donors (Lipinski definition) is 0. The Morgan fingerprint density at radius 3 is 2.45 bits per heavy atom. The number of thiophene rings is 1. The molecule has 0 radical (unpaired) electrons. The van der Waals surface area contributed by atoms with Crippen LogP contribution in [-0.4, -0.2) is 41.1 Å². The molecule has 142 valence electrons. The van der Waals surface area contributed by atoms with Gasteiger partial charge in [-0.25, -0.2) is 15.0 Å². The van der Waals surface area contributed by atoms with E-state index in [0.717, 1.165) is 60.1 Å². The summed E-state index contributed by atoms with van der Waals surface area (Å²) in [5, 5.41) is 14.6. The van der Waals surface area contributed by atoms with Gasteiger partial charge in [-0.2, -0.15) is 16.6 Å². The number of anilines is 2. The Kier molecular flexibility index (Phi) is 4.54. The van der Waals surface area contributed by atoms with Gasteiger partial charge in [0.1, 0.15) is 17.7 Å². The lowest BCUT2D eigenvalue weighted by molar-refractivity contribution is 0.643. The number of nitriles is 1. The Bertz CT molecular complexity index is 1190. The summed E-state index contributed by atoms with van der Waals surface area (Å²) in [6.07, 6.45) is 1.74. The molecule has 1 saturated heterocycles. The van der Waals surface area contributed by atoms with Gasteiger partial charge < -0.3 is 9.80 Å². The number of hydrogen-bond acceptors (Lipinski definition) is 7. The molecule has 1 aromatic carbocycles. The summed E-state index contributed by atoms with van der Waals surface area (Å²) in [6.45, 7) is 3.20. The standard InChI is InChI=1S/C22H18N6S/c23-14-16-4-3-8-24-21(16)27-9-11-28(12-10-27)22-18-5-1-2-6-19(18)25-20(26-22)17-7-13-29-15-17/h1-8,13,15H,9-12H2. The molecule has 0 aliphatic carbocycles. The largest absolute Gasteiger partial charge is 0.352 e. The third-order valence-corrected chi connectivity index (χ3v) is 5.83. The minimum absolute atomic E-state index is 0.619. The van der Waals surface area contributed by atoms with Gasteiger partial charge in [0.25, 0.3) is 0 Å². The van der Waals surface area contributed by atoms with Crippen LogP contribution in [0.15, 0.2) is 59.4 Å². The van der Waals surface area contributed by atoms with Gasteiger partial charge in [-0.05, 0) is 35.7 Å². The molecular formula is C22H18N6S. The van der Waals surface area contributed by atoms with Gasteiger partial charge >= 0.3 is 0 Å². The van der Waals surface area contributed by atoms with E-state index in [9.17, 15) is 5.26 Å². The Hall–Kier alpha value is -3.50. The number of pyridine rings is 1. The lowest BCUT2D eigenvalue weighted by atomic mass is 10.2. The maximum absolute atomic E-state index is 9.38. The van der Waals surface area contributed by atoms with Gasteiger partial charge in [0.05, 0.1) is 11.1 Å². The topological polar surface area (TPSA) is 68.9 Å². The number of nitrogens with zero attached hydrogens (tertiary/aromatic N) is 6. The van der Waals surface area contributed by atoms with Gasteiger partial charge in [-0.3, -0.25) is 0 Å². The zero-order valence-electron chi connectivity index (χ0n) is 15.7. The second kappa shape index (κ2) is 7.49. The number of para-hydroxylation sites is 1. The Balaban J connectivity index is 1.47. The second-order valence-corrected chi connectivity index (χ2v) is 7.64. The Morgan fingerprint density at radius 2 is 1.69 bits per heavy atom. The Labute approximate surface area is 172 Å². The maximum Gasteiger partial charge on any atom is 0.162 e. The average Bonchev–Trinajstić information content (AvgIpc) is 3.33. The number of piperazine rings is 1. The number of aromatic nitrogens is 3. The maximum atomic E-state index is 9.38. The van der Waals surface area contributed by atoms with Crippen molar-refractivity contribution in [2.75, 3.05) is 36.0 Å². The van der Waals surface area contributed by atoms with E-state index in [1.165, 1.54) is 0 Å². The van der Waals surface area contributed by atoms with Crippen molar-refractivity contribution in [3.8, 4) is 17.5 Å². The summed E-state index contributed by atoms with van der Waals surface area (Å²) in [6, 6.07) is 16.1. The molecule has 4 heterocycles. The molecule has 4 aromatic rings. The molecule has 1 aliphatic rings. The first-order valence-electron chi connectivity index (χ1n) is 9.48. The van der Waals surface area contributed by atoms with Gasteiger partial charge in [-0.1, -0.05) is 12.1 Å². The summed E-state index contributed by atoms with van der Waals surface area (Å²) in [7, 11) is 0. The van der Waals surface area contributed by atoms with Gasteiger partial charge in [0, 0.05) is 48.7 Å². The van der Waals surface area contributed by atoms with Gasteiger partial charge in [-0.15, -0.1) is 0 Å². The van der Waals surface area contributed by atoms with Crippen LogP contribution in [0.3, 0.4) is 0 Å². The molecule has 0 amide bonds. The highest BCUT2D eigenvalue weighted by Crippen LogP contribution is 2.29. The molecule has 5 rings (SSSR count). The predicted molar refractivity (Wildman–Crippen MR) is 116 cm³/mol. The van der Waals surface area contributed by atoms with E-state index in [2.05, 4.69) is 38.4 Å². The highest BCUT2D eigenvalue weighted by atomic mass is 32.1. The zero-order chi connectivity index (χ0) is 19.6. The third-order valence-electron chi connectivity index (χ3n) is 5.15. The minimum atomic E-state index is 0.619. The van der Waals surface area contributed by atoms with Crippen LogP contribution in [0.5, 0.6) is 0 Å². The fourth-order valence-corrected chi connectivity index (χ4v) is 4.32. The van der Waals surface area contributed by atoms with Crippen LogP contribution in [0, 0.1) is 11.3 Å². The normalized spacial score (nSPS) is 14.2. The van der Waals surface area contributed by atoms with Crippen molar-refractivity contribution in [2.24, 2.45) is 0 Å². The summed E-state index contributed by atoms with van der Waals surface area (Å²) >= 11 is 1.65. The molecule has 29 heavy (non-hydrogen) atoms. The van der Waals surface area contributed by atoms with Crippen molar-refractivity contribution < 1.29 is 0 Å². The minimum Gasteiger partial charge on any atom is -0.352 e. The van der Waals surface area contributed by atoms with Crippen LogP contribution >= 0.6 is 11.3 Å². The molecule has 0 unspecified atom stereocenters. The smallest absolute Gasteiger partial charge is 0.162 e. The molecule has 0 spiro atoms. The molecule has 7 heteroatoms. The van der Waals surface area contributed by atoms with Crippen LogP contribution < -0.4 is 9.80 Å². The van der Waals surface area contributed by atoms with Crippen LogP contribution in [-0.2, 0) is 0 Å². The lowest BCUT2D eigenvalue weighted by Crippen LogP contribution is -2.47. The first-order chi connectivity index (χ1) is 14.3. The van der Waals surface area contributed by atoms with E-state index >= 15 is 0 Å². The van der Waals surface area contributed by atoms with Crippen molar-refractivity contribution in [3.63, 3.8) is 0 Å². The fraction of sp³-hybridized carbons (Fsp3) is 0.182. The second-order valence-electron chi connectivity index (χ2n) is 6.86. The molecule has 1 aliphatic heterocycles. The van der Waals surface area contributed by atoms with Crippen molar-refractivity contribution in [1.29, 1.82) is 5.26 Å². The Morgan fingerprint density at radius 1 is 0.897 bits per heavy atom. The van der Waals surface area contributed by atoms with Crippen LogP contribution in [0.1, 0.15) is 5.56 Å². The van der Waals surface area contributed by atoms with Crippen molar-refractivity contribution in [1.82, 2.24) is 15.0 Å². The van der Waals surface area contributed by atoms with E-state index in [1.54, 1.807) is 23.6 Å². The van der Waals surface area contributed by atoms with Crippen LogP contribution in [0.25, 0.3) is 22.3 Å². The quantitative estimate of drug-likeness (QED) is 0.520. The van der Waals surface area contributed by atoms with Crippen molar-refractivity contribution in [2.45, 2.75) is 0 Å². The van der Waals surface area contributed by atoms with Crippen LogP contribution in [0.4, 0.5) is 11.6 Å². The van der Waals surface area contributed by atoms with E-state index < -0.39 is 0 Å². The average molecular weight is 398 g/mol. The molecule has 0 N–H and O–H groups in total. The fourth-order valence-electron chi connectivity index (χ4n) is 3.69. The SMILES string of the molecule is N#Cc1cccnc1N1CCN(c2nc(-c3ccsc3)nc3ccccc23)CC1. The highest BCUT2D eigenvalue weighted by Gasteiger charge is 2.23. The van der Waals surface area contributed by atoms with Gasteiger partial charge in [0.15, 0.2) is 5.82 Å². The summed E-state index contributed by atoms with van der Waals surface area (Å²) < 4.78 is 0. The van der Waals surface area contributed by atoms with Crippen molar-refractivity contribution in [3.05, 3.63) is 65.0 Å². The first kappa shape index (κ1) is 17.6. The number of benzene rings is 1. The predicted octanol–water partition coefficient (Wildman–Crippen LogP) is 3.95. The molecule has 6 nitrogen and oxygen atoms in total. The highest BCUT2D eigenvalue weighted by molar-refractivity contribution is 7.08. The third kappa shape index (κ3) is 3.28. The van der Waals surface area contributed by atoms with E-state index in [-0.39, 0.29) is 0 Å². The van der Waals surface area contributed by atoms with E-state index in [0.29, 0.717) is 5.56 Å². The summed E-state index contributed by atoms with van der Waals surface area (Å²) in [5.74, 6) is 2.50. The van der Waals surface area contributed by atoms with Gasteiger partial charge in [0.2, 0.25) is 0 Å². The zero-order valence-corrected chi connectivity index (χ0v) is 16.5. The van der Waals surface area contributed by atoms with E-state index in [1.807, 2.05) is 29.6 Å². The first-order valence-corrected chi connectivity index (χ1v) is 10.4. The molecule has 3 aromatic heterocycles. The number of rotatable bonds is 3. The molecular weight excluding hydrogens is 380 g/mol. The monoisotopic (exact) mass is 398 g/mol. The summed E-state index contributed by atoms with van der Waals surface area (Å²) in [5.41, 5.74) is 2.62. The van der Waals surface area contributed by atoms with E-state index in [4.69, 9.17) is 9.97 Å². The molecule has 0 saturated carbocycles.